The zero-order valence-electron chi connectivity index (χ0n) is 12.9. The largest absolute Gasteiger partial charge is 0.382 e. The van der Waals surface area contributed by atoms with Crippen LogP contribution in [0.3, 0.4) is 0 Å². The lowest BCUT2D eigenvalue weighted by atomic mass is 10.1. The molecule has 1 saturated carbocycles. The maximum absolute atomic E-state index is 5.93. The van der Waals surface area contributed by atoms with Gasteiger partial charge in [-0.3, -0.25) is 4.99 Å². The van der Waals surface area contributed by atoms with Crippen molar-refractivity contribution in [2.45, 2.75) is 57.4 Å². The highest BCUT2D eigenvalue weighted by atomic mass is 16.5. The average molecular weight is 285 g/mol. The van der Waals surface area contributed by atoms with Gasteiger partial charge in [-0.05, 0) is 25.7 Å². The van der Waals surface area contributed by atoms with Gasteiger partial charge in [0.2, 0.25) is 0 Å². The first-order chi connectivity index (χ1) is 9.83. The summed E-state index contributed by atoms with van der Waals surface area (Å²) in [4.78, 5) is 4.39. The maximum Gasteiger partial charge on any atom is 0.188 e. The highest BCUT2D eigenvalue weighted by Crippen LogP contribution is 2.16. The van der Waals surface area contributed by atoms with Crippen molar-refractivity contribution in [3.8, 4) is 0 Å². The third-order valence-corrected chi connectivity index (χ3v) is 3.62. The van der Waals surface area contributed by atoms with Crippen molar-refractivity contribution < 1.29 is 9.47 Å². The molecular weight excluding hydrogens is 254 g/mol. The quantitative estimate of drug-likeness (QED) is 0.294. The van der Waals surface area contributed by atoms with Gasteiger partial charge >= 0.3 is 0 Å². The van der Waals surface area contributed by atoms with Gasteiger partial charge in [-0.25, -0.2) is 0 Å². The Bertz CT molecular complexity index is 252. The van der Waals surface area contributed by atoms with Crippen molar-refractivity contribution in [1.29, 1.82) is 0 Å². The molecule has 1 aliphatic carbocycles. The first-order valence-electron chi connectivity index (χ1n) is 7.96. The van der Waals surface area contributed by atoms with E-state index in [2.05, 4.69) is 10.3 Å². The smallest absolute Gasteiger partial charge is 0.188 e. The van der Waals surface area contributed by atoms with Crippen LogP contribution < -0.4 is 11.1 Å². The molecule has 0 radical (unpaired) electrons. The van der Waals surface area contributed by atoms with Crippen LogP contribution in [0.4, 0.5) is 0 Å². The van der Waals surface area contributed by atoms with Crippen LogP contribution in [0.25, 0.3) is 0 Å². The number of unbranched alkanes of at least 4 members (excludes halogenated alkanes) is 1. The Balaban J connectivity index is 2.00. The number of hydrogen-bond donors (Lipinski definition) is 2. The van der Waals surface area contributed by atoms with E-state index in [0.717, 1.165) is 26.0 Å². The molecule has 1 fully saturated rings. The molecule has 20 heavy (non-hydrogen) atoms. The molecule has 0 aromatic carbocycles. The third kappa shape index (κ3) is 9.15. The monoisotopic (exact) mass is 285 g/mol. The van der Waals surface area contributed by atoms with Crippen molar-refractivity contribution in [3.05, 3.63) is 0 Å². The first-order valence-corrected chi connectivity index (χ1v) is 7.96. The first kappa shape index (κ1) is 17.2. The van der Waals surface area contributed by atoms with Gasteiger partial charge in [-0.1, -0.05) is 25.7 Å². The minimum absolute atomic E-state index is 0.527. The Hall–Kier alpha value is -0.810. The molecule has 0 heterocycles. The molecule has 1 rings (SSSR count). The Morgan fingerprint density at radius 1 is 1.10 bits per heavy atom. The molecule has 0 amide bonds. The zero-order chi connectivity index (χ0) is 14.5. The van der Waals surface area contributed by atoms with Crippen molar-refractivity contribution in [1.82, 2.24) is 5.32 Å². The summed E-state index contributed by atoms with van der Waals surface area (Å²) < 4.78 is 10.3. The van der Waals surface area contributed by atoms with Crippen molar-refractivity contribution >= 4 is 5.96 Å². The van der Waals surface area contributed by atoms with Crippen LogP contribution in [-0.2, 0) is 9.47 Å². The van der Waals surface area contributed by atoms with Gasteiger partial charge in [-0.15, -0.1) is 0 Å². The second kappa shape index (κ2) is 12.0. The second-order valence-electron chi connectivity index (χ2n) is 5.41. The van der Waals surface area contributed by atoms with E-state index in [1.54, 1.807) is 7.11 Å². The van der Waals surface area contributed by atoms with E-state index in [4.69, 9.17) is 15.2 Å². The van der Waals surface area contributed by atoms with Gasteiger partial charge < -0.3 is 20.5 Å². The van der Waals surface area contributed by atoms with E-state index in [-0.39, 0.29) is 0 Å². The van der Waals surface area contributed by atoms with Crippen LogP contribution in [0.5, 0.6) is 0 Å². The summed E-state index contributed by atoms with van der Waals surface area (Å²) in [5, 5.41) is 3.36. The van der Waals surface area contributed by atoms with E-state index in [1.807, 2.05) is 0 Å². The van der Waals surface area contributed by atoms with Crippen LogP contribution in [0, 0.1) is 0 Å². The van der Waals surface area contributed by atoms with Gasteiger partial charge in [0.15, 0.2) is 5.96 Å². The maximum atomic E-state index is 5.93. The molecule has 0 aliphatic heterocycles. The van der Waals surface area contributed by atoms with E-state index in [9.17, 15) is 0 Å². The van der Waals surface area contributed by atoms with Crippen LogP contribution in [0.1, 0.15) is 51.4 Å². The molecule has 0 aromatic rings. The molecule has 0 atom stereocenters. The molecule has 0 spiro atoms. The molecule has 1 aliphatic rings. The van der Waals surface area contributed by atoms with Crippen LogP contribution in [0.2, 0.25) is 0 Å². The normalized spacial score (nSPS) is 17.9. The van der Waals surface area contributed by atoms with Crippen molar-refractivity contribution in [3.63, 3.8) is 0 Å². The van der Waals surface area contributed by atoms with Crippen LogP contribution >= 0.6 is 0 Å². The lowest BCUT2D eigenvalue weighted by molar-refractivity contribution is 0.0690. The summed E-state index contributed by atoms with van der Waals surface area (Å²) in [6.07, 6.45) is 9.82. The average Bonchev–Trinajstić information content (AvgIpc) is 2.70. The molecule has 0 unspecified atom stereocenters. The molecule has 3 N–H and O–H groups in total. The highest BCUT2D eigenvalue weighted by Gasteiger charge is 2.11. The summed E-state index contributed by atoms with van der Waals surface area (Å²) in [5.74, 6) is 0.609. The molecule has 0 bridgehead atoms. The number of rotatable bonds is 9. The van der Waals surface area contributed by atoms with E-state index in [0.29, 0.717) is 25.2 Å². The fourth-order valence-corrected chi connectivity index (χ4v) is 2.44. The fraction of sp³-hybridized carbons (Fsp3) is 0.933. The fourth-order valence-electron chi connectivity index (χ4n) is 2.44. The Morgan fingerprint density at radius 3 is 2.55 bits per heavy atom. The zero-order valence-corrected chi connectivity index (χ0v) is 12.9. The predicted octanol–water partition coefficient (Wildman–Crippen LogP) is 2.06. The Morgan fingerprint density at radius 2 is 1.85 bits per heavy atom. The molecule has 0 aromatic heterocycles. The number of methoxy groups -OCH3 is 1. The number of guanidine groups is 1. The van der Waals surface area contributed by atoms with Crippen LogP contribution in [0.15, 0.2) is 4.99 Å². The third-order valence-electron chi connectivity index (χ3n) is 3.62. The standard InChI is InChI=1S/C15H31N3O2/c1-19-12-13-20-11-7-6-10-17-15(16)18-14-8-4-2-3-5-9-14/h14H,2-13H2,1H3,(H3,16,17,18). The lowest BCUT2D eigenvalue weighted by Crippen LogP contribution is -2.39. The summed E-state index contributed by atoms with van der Waals surface area (Å²) >= 11 is 0. The number of nitrogens with one attached hydrogen (secondary N) is 1. The van der Waals surface area contributed by atoms with Gasteiger partial charge in [0.1, 0.15) is 0 Å². The summed E-state index contributed by atoms with van der Waals surface area (Å²) in [7, 11) is 1.68. The minimum atomic E-state index is 0.527. The minimum Gasteiger partial charge on any atom is -0.382 e. The van der Waals surface area contributed by atoms with Gasteiger partial charge in [0.05, 0.1) is 13.2 Å². The summed E-state index contributed by atoms with van der Waals surface area (Å²) in [6, 6.07) is 0.527. The molecular formula is C15H31N3O2. The van der Waals surface area contributed by atoms with E-state index < -0.39 is 0 Å². The Kier molecular flexibility index (Phi) is 10.3. The SMILES string of the molecule is COCCOCCCCN=C(N)NC1CCCCCC1. The number of nitrogens with zero attached hydrogens (tertiary/aromatic N) is 1. The molecule has 118 valence electrons. The Labute approximate surface area is 123 Å². The molecule has 5 heteroatoms. The van der Waals surface area contributed by atoms with E-state index in [1.165, 1.54) is 38.5 Å². The number of ether oxygens (including phenoxy) is 2. The van der Waals surface area contributed by atoms with Gasteiger partial charge in [-0.2, -0.15) is 0 Å². The number of hydrogen-bond acceptors (Lipinski definition) is 3. The van der Waals surface area contributed by atoms with Gasteiger partial charge in [0, 0.05) is 26.3 Å². The predicted molar refractivity (Wildman–Crippen MR) is 83.0 cm³/mol. The molecule has 5 nitrogen and oxygen atoms in total. The lowest BCUT2D eigenvalue weighted by Gasteiger charge is -2.16. The summed E-state index contributed by atoms with van der Waals surface area (Å²) in [6.45, 7) is 2.88. The highest BCUT2D eigenvalue weighted by molar-refractivity contribution is 5.78. The van der Waals surface area contributed by atoms with Crippen molar-refractivity contribution in [2.75, 3.05) is 33.5 Å². The number of nitrogens with two attached hydrogens (primary N) is 1. The van der Waals surface area contributed by atoms with Crippen molar-refractivity contribution in [2.24, 2.45) is 10.7 Å². The second-order valence-corrected chi connectivity index (χ2v) is 5.41. The number of aliphatic imine (C=N–C) groups is 1. The van der Waals surface area contributed by atoms with Gasteiger partial charge in [0.25, 0.3) is 0 Å². The van der Waals surface area contributed by atoms with E-state index >= 15 is 0 Å². The topological polar surface area (TPSA) is 68.9 Å². The molecule has 0 saturated heterocycles. The van der Waals surface area contributed by atoms with Crippen LogP contribution in [-0.4, -0.2) is 45.5 Å². The summed E-state index contributed by atoms with van der Waals surface area (Å²) in [5.41, 5.74) is 5.93.